The number of carboxylic acids is 1. The van der Waals surface area contributed by atoms with E-state index in [1.54, 1.807) is 0 Å². The molecular formula is C73H80F6N3O3+. The number of carboxylic acid groups (broad SMARTS) is 1. The molecule has 0 saturated heterocycles. The first-order valence-corrected chi connectivity index (χ1v) is 30.9. The fourth-order valence-corrected chi connectivity index (χ4v) is 13.5. The number of nitrogens with one attached hydrogen (secondary N) is 1. The van der Waals surface area contributed by atoms with Gasteiger partial charge >= 0.3 is 18.3 Å². The highest BCUT2D eigenvalue weighted by Crippen LogP contribution is 2.58. The molecule has 1 aromatic heterocycles. The lowest BCUT2D eigenvalue weighted by atomic mass is 9.70. The molecule has 0 spiro atoms. The molecule has 6 aromatic carbocycles. The highest BCUT2D eigenvalue weighted by atomic mass is 19.4. The van der Waals surface area contributed by atoms with E-state index < -0.39 is 41.0 Å². The van der Waals surface area contributed by atoms with Crippen LogP contribution in [0.4, 0.5) is 49.1 Å². The van der Waals surface area contributed by atoms with Crippen LogP contribution in [0.1, 0.15) is 194 Å². The van der Waals surface area contributed by atoms with Crippen molar-refractivity contribution in [1.82, 2.24) is 0 Å². The van der Waals surface area contributed by atoms with Crippen molar-refractivity contribution < 1.29 is 45.6 Å². The van der Waals surface area contributed by atoms with Crippen molar-refractivity contribution >= 4 is 46.3 Å². The number of benzene rings is 6. The maximum Gasteiger partial charge on any atom is 0.416 e. The van der Waals surface area contributed by atoms with Crippen molar-refractivity contribution in [2.45, 2.75) is 179 Å². The van der Waals surface area contributed by atoms with Gasteiger partial charge in [0, 0.05) is 51.3 Å². The summed E-state index contributed by atoms with van der Waals surface area (Å²) < 4.78 is 85.6. The fraction of sp³-hybridized carbons (Fsp3) is 0.384. The molecular weight excluding hydrogens is 1080 g/mol. The molecule has 2 aliphatic carbocycles. The van der Waals surface area contributed by atoms with E-state index in [0.717, 1.165) is 120 Å². The van der Waals surface area contributed by atoms with Crippen molar-refractivity contribution in [1.29, 1.82) is 0 Å². The van der Waals surface area contributed by atoms with Crippen LogP contribution in [0.25, 0.3) is 33.9 Å². The van der Waals surface area contributed by atoms with Crippen molar-refractivity contribution in [2.24, 2.45) is 0 Å². The molecule has 0 bridgehead atoms. The molecule has 9 rings (SSSR count). The summed E-state index contributed by atoms with van der Waals surface area (Å²) in [4.78, 5) is 28.4. The number of aromatic nitrogens is 1. The minimum absolute atomic E-state index is 0.0113. The Hall–Kier alpha value is -7.47. The normalized spacial score (nSPS) is 15.1. The van der Waals surface area contributed by atoms with Gasteiger partial charge in [-0.2, -0.15) is 30.9 Å². The SMILES string of the molecule is CCCCCCC1(CCCCC)c2ccccc2-c2ccc(N(c3ccc(C=C(C(=O)Nc4cc(C(F)(F)F)cc(C(F)(F)F)c4)c4cc[n+](CC(=O)O)cc4)cc3)c3ccc4c(c3)C(CCCCCC)(CCCCCC)c3ccccc3-4)cc21. The predicted octanol–water partition coefficient (Wildman–Crippen LogP) is 20.8. The number of hydrogen-bond acceptors (Lipinski definition) is 3. The first-order chi connectivity index (χ1) is 40.9. The Kier molecular flexibility index (Phi) is 19.9. The van der Waals surface area contributed by atoms with Gasteiger partial charge in [-0.1, -0.05) is 197 Å². The van der Waals surface area contributed by atoms with Crippen LogP contribution in [0.15, 0.2) is 152 Å². The summed E-state index contributed by atoms with van der Waals surface area (Å²) in [5, 5.41) is 11.8. The summed E-state index contributed by atoms with van der Waals surface area (Å²) in [5.74, 6) is -2.09. The van der Waals surface area contributed by atoms with Gasteiger partial charge in [-0.15, -0.1) is 0 Å². The molecule has 1 unspecified atom stereocenters. The molecule has 1 atom stereocenters. The van der Waals surface area contributed by atoms with E-state index in [1.165, 1.54) is 98.9 Å². The number of fused-ring (bicyclic) bond motifs is 6. The van der Waals surface area contributed by atoms with Crippen LogP contribution in [0, 0.1) is 0 Å². The summed E-state index contributed by atoms with van der Waals surface area (Å²) >= 11 is 0. The number of aliphatic carboxylic acids is 1. The fourth-order valence-electron chi connectivity index (χ4n) is 13.5. The smallest absolute Gasteiger partial charge is 0.416 e. The molecule has 6 nitrogen and oxygen atoms in total. The zero-order valence-electron chi connectivity index (χ0n) is 49.6. The second-order valence-corrected chi connectivity index (χ2v) is 23.5. The summed E-state index contributed by atoms with van der Waals surface area (Å²) in [6.07, 6.45) is 15.5. The van der Waals surface area contributed by atoms with Crippen molar-refractivity contribution in [3.63, 3.8) is 0 Å². The lowest BCUT2D eigenvalue weighted by Gasteiger charge is -2.35. The first kappa shape index (κ1) is 62.1. The van der Waals surface area contributed by atoms with E-state index >= 15 is 0 Å². The van der Waals surface area contributed by atoms with Crippen molar-refractivity contribution in [3.8, 4) is 22.3 Å². The minimum Gasteiger partial charge on any atom is -0.477 e. The van der Waals surface area contributed by atoms with Crippen LogP contribution in [0.2, 0.25) is 0 Å². The quantitative estimate of drug-likeness (QED) is 0.0222. The number of pyridine rings is 1. The third-order valence-electron chi connectivity index (χ3n) is 17.7. The summed E-state index contributed by atoms with van der Waals surface area (Å²) in [5.41, 5.74) is 9.85. The first-order valence-electron chi connectivity index (χ1n) is 30.9. The van der Waals surface area contributed by atoms with Crippen molar-refractivity contribution in [2.75, 3.05) is 10.2 Å². The van der Waals surface area contributed by atoms with Crippen LogP contribution in [0.3, 0.4) is 0 Å². The van der Waals surface area contributed by atoms with Crippen LogP contribution >= 0.6 is 0 Å². The minimum atomic E-state index is -5.14. The predicted molar refractivity (Wildman–Crippen MR) is 331 cm³/mol. The lowest BCUT2D eigenvalue weighted by molar-refractivity contribution is -0.685. The maximum atomic E-state index is 14.4. The summed E-state index contributed by atoms with van der Waals surface area (Å²) in [7, 11) is 0. The zero-order valence-corrected chi connectivity index (χ0v) is 49.6. The number of unbranched alkanes of at least 4 members (excludes halogenated alkanes) is 11. The van der Waals surface area contributed by atoms with E-state index in [2.05, 4.69) is 123 Å². The molecule has 85 heavy (non-hydrogen) atoms. The molecule has 1 amide bonds. The van der Waals surface area contributed by atoms with Gasteiger partial charge in [-0.3, -0.25) is 4.79 Å². The molecule has 0 saturated carbocycles. The number of rotatable bonds is 28. The highest BCUT2D eigenvalue weighted by Gasteiger charge is 2.45. The van der Waals surface area contributed by atoms with Gasteiger partial charge in [0.2, 0.25) is 6.54 Å². The van der Waals surface area contributed by atoms with Crippen LogP contribution in [-0.2, 0) is 39.3 Å². The maximum absolute atomic E-state index is 14.4. The Morgan fingerprint density at radius 2 is 0.906 bits per heavy atom. The molecule has 0 radical (unpaired) electrons. The van der Waals surface area contributed by atoms with Crippen LogP contribution < -0.4 is 14.8 Å². The second-order valence-electron chi connectivity index (χ2n) is 23.5. The lowest BCUT2D eigenvalue weighted by Crippen LogP contribution is -2.37. The van der Waals surface area contributed by atoms with E-state index in [1.807, 2.05) is 24.3 Å². The van der Waals surface area contributed by atoms with Gasteiger partial charge in [0.25, 0.3) is 5.91 Å². The molecule has 0 fully saturated rings. The molecule has 2 aliphatic rings. The van der Waals surface area contributed by atoms with Gasteiger partial charge < -0.3 is 15.3 Å². The van der Waals surface area contributed by atoms with Gasteiger partial charge in [0.05, 0.1) is 11.1 Å². The Morgan fingerprint density at radius 1 is 0.494 bits per heavy atom. The average Bonchev–Trinajstić information content (AvgIpc) is 1.62. The largest absolute Gasteiger partial charge is 0.477 e. The number of anilines is 4. The summed E-state index contributed by atoms with van der Waals surface area (Å²) in [6, 6.07) is 43.5. The molecule has 446 valence electrons. The van der Waals surface area contributed by atoms with Gasteiger partial charge in [0.1, 0.15) is 0 Å². The van der Waals surface area contributed by atoms with Crippen LogP contribution in [-0.4, -0.2) is 17.0 Å². The number of alkyl halides is 6. The third kappa shape index (κ3) is 13.8. The Morgan fingerprint density at radius 3 is 1.34 bits per heavy atom. The number of nitrogens with zero attached hydrogens (tertiary/aromatic N) is 2. The van der Waals surface area contributed by atoms with Gasteiger partial charge in [-0.25, -0.2) is 4.79 Å². The molecule has 7 aromatic rings. The number of halogens is 6. The third-order valence-corrected chi connectivity index (χ3v) is 17.7. The van der Waals surface area contributed by atoms with Crippen LogP contribution in [0.5, 0.6) is 0 Å². The van der Waals surface area contributed by atoms with Gasteiger partial charge in [0.15, 0.2) is 12.4 Å². The number of amides is 1. The van der Waals surface area contributed by atoms with E-state index in [0.29, 0.717) is 17.7 Å². The Labute approximate surface area is 498 Å². The molecule has 1 heterocycles. The molecule has 12 heteroatoms. The van der Waals surface area contributed by atoms with Gasteiger partial charge in [-0.05, 0) is 142 Å². The van der Waals surface area contributed by atoms with E-state index in [-0.39, 0.29) is 34.6 Å². The molecule has 0 aliphatic heterocycles. The summed E-state index contributed by atoms with van der Waals surface area (Å²) in [6.45, 7) is 8.63. The standard InChI is InChI=1S/C73H79F6N3O3/c1-5-9-13-21-39-70(38-20-12-8-4)64-26-18-16-24-59(64)61-34-32-57(48-66(61)70)82(58-33-35-62-60-25-17-19-27-65(60)71(67(62)49-58,40-22-14-10-6-2)41-23-15-11-7-3)56-30-28-51(29-31-56)44-63(52-36-42-81(43-37-52)50-68(83)84)69(85)80-55-46-53(72(74,75)76)45-54(47-55)73(77,78)79/h16-19,24-37,42-49H,5-15,20-23,38-41,50H2,1-4H3,(H-,80,83,84,85)/p+1. The topological polar surface area (TPSA) is 73.5 Å². The number of hydrogen-bond donors (Lipinski definition) is 2. The number of carbonyl (C=O) groups is 2. The monoisotopic (exact) mass is 1160 g/mol. The average molecular weight is 1160 g/mol. The highest BCUT2D eigenvalue weighted by molar-refractivity contribution is 6.29. The molecule has 2 N–H and O–H groups in total. The number of carbonyl (C=O) groups excluding carboxylic acids is 1. The van der Waals surface area contributed by atoms with E-state index in [4.69, 9.17) is 0 Å². The second kappa shape index (κ2) is 27.3. The van der Waals surface area contributed by atoms with Crippen molar-refractivity contribution in [3.05, 3.63) is 196 Å². The Balaban J connectivity index is 1.21. The zero-order chi connectivity index (χ0) is 60.4. The Bertz CT molecular complexity index is 3430. The van der Waals surface area contributed by atoms with E-state index in [9.17, 15) is 41.0 Å².